The first-order valence-electron chi connectivity index (χ1n) is 1.39. The van der Waals surface area contributed by atoms with Gasteiger partial charge >= 0.3 is 45.6 Å². The molecule has 12 heteroatoms. The van der Waals surface area contributed by atoms with Gasteiger partial charge in [-0.1, -0.05) is 0 Å². The molecule has 0 aliphatic carbocycles. The summed E-state index contributed by atoms with van der Waals surface area (Å²) in [5.74, 6) is 0. The van der Waals surface area contributed by atoms with Gasteiger partial charge in [-0.15, -0.1) is 0 Å². The van der Waals surface area contributed by atoms with E-state index in [9.17, 15) is 0 Å². The zero-order valence-electron chi connectivity index (χ0n) is 6.75. The summed E-state index contributed by atoms with van der Waals surface area (Å²) in [7, 11) is -4.64. The van der Waals surface area contributed by atoms with E-state index in [4.69, 9.17) is 34.3 Å². The van der Waals surface area contributed by atoms with E-state index in [2.05, 4.69) is 0 Å². The SMILES string of the molecule is N.N.N.O=C([O-])[O-].O=P(O)(O)O.[Ca+2]. The molecule has 0 bridgehead atoms. The van der Waals surface area contributed by atoms with Crippen LogP contribution >= 0.6 is 7.82 Å². The zero-order chi connectivity index (χ0) is 8.08. The minimum atomic E-state index is -4.64. The van der Waals surface area contributed by atoms with Crippen LogP contribution in [0.25, 0.3) is 0 Å². The van der Waals surface area contributed by atoms with Gasteiger partial charge in [-0.3, -0.25) is 0 Å². The number of carboxylic acid groups (broad SMARTS) is 2. The summed E-state index contributed by atoms with van der Waals surface area (Å²) in [6.45, 7) is 0. The van der Waals surface area contributed by atoms with Crippen LogP contribution in [0, 0.1) is 0 Å². The number of hydrogen-bond acceptors (Lipinski definition) is 7. The van der Waals surface area contributed by atoms with Crippen molar-refractivity contribution >= 4 is 51.7 Å². The standard InChI is InChI=1S/CH2O3.Ca.3H3N.H3O4P/c2-1(3)4;;;;;1-5(2,3)4/h(H2,2,3,4);;3*1H3;(H3,1,2,3,4)/q;+2;;;;/p-2. The molecule has 13 heavy (non-hydrogen) atoms. The van der Waals surface area contributed by atoms with Gasteiger partial charge in [-0.25, -0.2) is 4.57 Å². The van der Waals surface area contributed by atoms with Crippen molar-refractivity contribution in [3.63, 3.8) is 0 Å². The molecule has 0 heterocycles. The zero-order valence-corrected chi connectivity index (χ0v) is 9.85. The third-order valence-corrected chi connectivity index (χ3v) is 0. The van der Waals surface area contributed by atoms with E-state index in [-0.39, 0.29) is 56.2 Å². The van der Waals surface area contributed by atoms with Gasteiger partial charge in [0.25, 0.3) is 0 Å². The average Bonchev–Trinajstić information content (AvgIpc) is 1.19. The number of carbonyl (C=O) groups excluding carboxylic acids is 1. The van der Waals surface area contributed by atoms with Crippen molar-refractivity contribution in [3.8, 4) is 0 Å². The van der Waals surface area contributed by atoms with E-state index in [0.717, 1.165) is 0 Å². The third-order valence-electron chi connectivity index (χ3n) is 0. The Labute approximate surface area is 104 Å². The summed E-state index contributed by atoms with van der Waals surface area (Å²) >= 11 is 0. The van der Waals surface area contributed by atoms with Crippen molar-refractivity contribution in [1.82, 2.24) is 18.5 Å². The second-order valence-electron chi connectivity index (χ2n) is 0.763. The molecule has 0 rings (SSSR count). The Bertz CT molecular complexity index is 123. The predicted octanol–water partition coefficient (Wildman–Crippen LogP) is -3.27. The first-order chi connectivity index (χ1) is 3.73. The topological polar surface area (TPSA) is 246 Å². The summed E-state index contributed by atoms with van der Waals surface area (Å²) < 4.78 is 8.88. The van der Waals surface area contributed by atoms with Crippen LogP contribution in [0.1, 0.15) is 0 Å². The number of phosphoric acid groups is 1. The van der Waals surface area contributed by atoms with Gasteiger partial charge in [0.2, 0.25) is 0 Å². The van der Waals surface area contributed by atoms with E-state index in [1.807, 2.05) is 0 Å². The van der Waals surface area contributed by atoms with Crippen LogP contribution < -0.4 is 28.7 Å². The van der Waals surface area contributed by atoms with Gasteiger partial charge in [0, 0.05) is 0 Å². The summed E-state index contributed by atoms with van der Waals surface area (Å²) in [5, 5.41) is 16.7. The Morgan fingerprint density at radius 2 is 1.00 bits per heavy atom. The Balaban J connectivity index is -0.0000000146. The van der Waals surface area contributed by atoms with Gasteiger partial charge < -0.3 is 48.1 Å². The van der Waals surface area contributed by atoms with Crippen molar-refractivity contribution in [1.29, 1.82) is 0 Å². The molecule has 0 aliphatic heterocycles. The fraction of sp³-hybridized carbons (Fsp3) is 0. The summed E-state index contributed by atoms with van der Waals surface area (Å²) in [5.41, 5.74) is 0. The van der Waals surface area contributed by atoms with Crippen LogP contribution in [0.3, 0.4) is 0 Å². The summed E-state index contributed by atoms with van der Waals surface area (Å²) in [6.07, 6.45) is -2.33. The van der Waals surface area contributed by atoms with Crippen LogP contribution in [0.4, 0.5) is 4.79 Å². The number of rotatable bonds is 0. The monoisotopic (exact) mass is 249 g/mol. The third kappa shape index (κ3) is 5130. The van der Waals surface area contributed by atoms with Crippen molar-refractivity contribution < 1.29 is 34.3 Å². The van der Waals surface area contributed by atoms with Gasteiger partial charge in [-0.05, 0) is 6.16 Å². The largest absolute Gasteiger partial charge is 2.00 e. The van der Waals surface area contributed by atoms with Crippen LogP contribution in [-0.4, -0.2) is 58.6 Å². The molecular formula is CH12CaN3O7P. The van der Waals surface area contributed by atoms with Gasteiger partial charge in [0.1, 0.15) is 0 Å². The van der Waals surface area contributed by atoms with Gasteiger partial charge in [0.05, 0.1) is 0 Å². The molecular weight excluding hydrogens is 237 g/mol. The number of hydrogen-bond donors (Lipinski definition) is 6. The van der Waals surface area contributed by atoms with E-state index in [1.54, 1.807) is 0 Å². The molecule has 80 valence electrons. The van der Waals surface area contributed by atoms with E-state index < -0.39 is 14.0 Å². The van der Waals surface area contributed by atoms with Crippen molar-refractivity contribution in [2.45, 2.75) is 0 Å². The molecule has 0 amide bonds. The van der Waals surface area contributed by atoms with E-state index in [0.29, 0.717) is 0 Å². The van der Waals surface area contributed by atoms with Crippen molar-refractivity contribution in [2.24, 2.45) is 0 Å². The molecule has 0 aromatic rings. The Hall–Kier alpha value is 0.520. The number of carbonyl (C=O) groups is 1. The molecule has 0 unspecified atom stereocenters. The van der Waals surface area contributed by atoms with Gasteiger partial charge in [0.15, 0.2) is 0 Å². The van der Waals surface area contributed by atoms with Crippen LogP contribution in [0.5, 0.6) is 0 Å². The molecule has 0 atom stereocenters. The Morgan fingerprint density at radius 3 is 1.00 bits per heavy atom. The van der Waals surface area contributed by atoms with E-state index in [1.165, 1.54) is 0 Å². The second kappa shape index (κ2) is 18.3. The minimum absolute atomic E-state index is 0. The van der Waals surface area contributed by atoms with Crippen molar-refractivity contribution in [2.75, 3.05) is 0 Å². The minimum Gasteiger partial charge on any atom is -0.652 e. The van der Waals surface area contributed by atoms with Crippen LogP contribution in [0.15, 0.2) is 0 Å². The Morgan fingerprint density at radius 1 is 1.00 bits per heavy atom. The van der Waals surface area contributed by atoms with E-state index >= 15 is 0 Å². The molecule has 0 spiro atoms. The summed E-state index contributed by atoms with van der Waals surface area (Å²) in [6, 6.07) is 0. The smallest absolute Gasteiger partial charge is 0.652 e. The molecule has 10 nitrogen and oxygen atoms in total. The van der Waals surface area contributed by atoms with Crippen LogP contribution in [-0.2, 0) is 4.57 Å². The molecule has 0 saturated carbocycles. The maximum Gasteiger partial charge on any atom is 2.00 e. The predicted molar refractivity (Wildman–Crippen MR) is 40.5 cm³/mol. The molecule has 0 saturated heterocycles. The normalized spacial score (nSPS) is 6.38. The average molecular weight is 249 g/mol. The molecule has 0 aromatic carbocycles. The Kier molecular flexibility index (Phi) is 52.8. The molecule has 0 aliphatic rings. The fourth-order valence-corrected chi connectivity index (χ4v) is 0. The molecule has 12 N–H and O–H groups in total. The maximum atomic E-state index is 8.88. The van der Waals surface area contributed by atoms with Crippen molar-refractivity contribution in [3.05, 3.63) is 0 Å². The summed E-state index contributed by atoms with van der Waals surface area (Å²) in [4.78, 5) is 29.9. The quantitative estimate of drug-likeness (QED) is 0.184. The first kappa shape index (κ1) is 37.5. The second-order valence-corrected chi connectivity index (χ2v) is 1.79. The molecule has 0 aromatic heterocycles. The van der Waals surface area contributed by atoms with Gasteiger partial charge in [-0.2, -0.15) is 0 Å². The van der Waals surface area contributed by atoms with Crippen LogP contribution in [0.2, 0.25) is 0 Å². The maximum absolute atomic E-state index is 8.88. The fourth-order valence-electron chi connectivity index (χ4n) is 0. The molecule has 0 fully saturated rings. The molecule has 0 radical (unpaired) electrons. The first-order valence-corrected chi connectivity index (χ1v) is 2.96.